The highest BCUT2D eigenvalue weighted by Gasteiger charge is 2.19. The first-order chi connectivity index (χ1) is 6.90. The highest BCUT2D eigenvalue weighted by Crippen LogP contribution is 2.11. The van der Waals surface area contributed by atoms with Crippen molar-refractivity contribution in [3.63, 3.8) is 0 Å². The molecule has 0 aliphatic rings. The Balaban J connectivity index is 4.23. The number of allylic oxidation sites excluding steroid dienone is 1. The zero-order valence-corrected chi connectivity index (χ0v) is 10.7. The van der Waals surface area contributed by atoms with Crippen LogP contribution in [0.15, 0.2) is 12.3 Å². The molecule has 3 heteroatoms. The second-order valence-electron chi connectivity index (χ2n) is 4.31. The molecule has 0 radical (unpaired) electrons. The maximum Gasteiger partial charge on any atom is 0.229 e. The fourth-order valence-electron chi connectivity index (χ4n) is 1.46. The molecule has 0 aliphatic carbocycles. The van der Waals surface area contributed by atoms with Crippen molar-refractivity contribution >= 4 is 5.91 Å². The van der Waals surface area contributed by atoms with Crippen LogP contribution in [0.4, 0.5) is 0 Å². The van der Waals surface area contributed by atoms with E-state index < -0.39 is 0 Å². The van der Waals surface area contributed by atoms with E-state index in [1.807, 2.05) is 34.9 Å². The van der Waals surface area contributed by atoms with Gasteiger partial charge in [0.05, 0.1) is 0 Å². The van der Waals surface area contributed by atoms with Gasteiger partial charge in [-0.2, -0.15) is 0 Å². The van der Waals surface area contributed by atoms with Crippen molar-refractivity contribution < 1.29 is 4.79 Å². The SMILES string of the molecule is C=C(C)N(CC)C(=O)C(C)CCN(C)C. The number of carbonyl (C=O) groups excluding carboxylic acids is 1. The van der Waals surface area contributed by atoms with Crippen molar-refractivity contribution in [1.29, 1.82) is 0 Å². The molecule has 15 heavy (non-hydrogen) atoms. The van der Waals surface area contributed by atoms with Gasteiger partial charge in [0.1, 0.15) is 0 Å². The Morgan fingerprint density at radius 3 is 2.27 bits per heavy atom. The molecule has 1 unspecified atom stereocenters. The lowest BCUT2D eigenvalue weighted by molar-refractivity contribution is -0.133. The number of nitrogens with zero attached hydrogens (tertiary/aromatic N) is 2. The molecule has 0 aromatic rings. The van der Waals surface area contributed by atoms with Crippen molar-refractivity contribution in [3.05, 3.63) is 12.3 Å². The first kappa shape index (κ1) is 14.2. The molecule has 1 amide bonds. The van der Waals surface area contributed by atoms with E-state index in [0.717, 1.165) is 18.7 Å². The molecule has 0 bridgehead atoms. The topological polar surface area (TPSA) is 23.6 Å². The predicted molar refractivity (Wildman–Crippen MR) is 64.5 cm³/mol. The van der Waals surface area contributed by atoms with Crippen molar-refractivity contribution in [2.75, 3.05) is 27.2 Å². The molecule has 0 aliphatic heterocycles. The Morgan fingerprint density at radius 2 is 1.93 bits per heavy atom. The lowest BCUT2D eigenvalue weighted by Crippen LogP contribution is -2.34. The number of rotatable bonds is 6. The summed E-state index contributed by atoms with van der Waals surface area (Å²) in [7, 11) is 4.04. The lowest BCUT2D eigenvalue weighted by atomic mass is 10.1. The van der Waals surface area contributed by atoms with Crippen LogP contribution in [0, 0.1) is 5.92 Å². The average molecular weight is 212 g/mol. The maximum absolute atomic E-state index is 12.0. The first-order valence-corrected chi connectivity index (χ1v) is 5.51. The van der Waals surface area contributed by atoms with E-state index >= 15 is 0 Å². The summed E-state index contributed by atoms with van der Waals surface area (Å²) in [6, 6.07) is 0. The van der Waals surface area contributed by atoms with Gasteiger partial charge in [-0.05, 0) is 40.9 Å². The van der Waals surface area contributed by atoms with Crippen molar-refractivity contribution in [1.82, 2.24) is 9.80 Å². The van der Waals surface area contributed by atoms with Gasteiger partial charge in [-0.3, -0.25) is 4.79 Å². The van der Waals surface area contributed by atoms with Crippen molar-refractivity contribution in [3.8, 4) is 0 Å². The molecule has 0 saturated heterocycles. The molecule has 0 spiro atoms. The minimum atomic E-state index is 0.0732. The number of hydrogen-bond acceptors (Lipinski definition) is 2. The van der Waals surface area contributed by atoms with Crippen molar-refractivity contribution in [2.45, 2.75) is 27.2 Å². The van der Waals surface area contributed by atoms with E-state index in [1.54, 1.807) is 4.90 Å². The van der Waals surface area contributed by atoms with Crippen LogP contribution < -0.4 is 0 Å². The van der Waals surface area contributed by atoms with Gasteiger partial charge in [0.25, 0.3) is 0 Å². The molecule has 0 rings (SSSR count). The number of carbonyl (C=O) groups is 1. The van der Waals surface area contributed by atoms with E-state index in [-0.39, 0.29) is 11.8 Å². The predicted octanol–water partition coefficient (Wildman–Crippen LogP) is 1.96. The smallest absolute Gasteiger partial charge is 0.229 e. The third-order valence-electron chi connectivity index (χ3n) is 2.47. The summed E-state index contributed by atoms with van der Waals surface area (Å²) in [5.41, 5.74) is 0.833. The van der Waals surface area contributed by atoms with E-state index in [2.05, 4.69) is 11.5 Å². The third-order valence-corrected chi connectivity index (χ3v) is 2.47. The average Bonchev–Trinajstić information content (AvgIpc) is 2.14. The molecular formula is C12H24N2O. The largest absolute Gasteiger partial charge is 0.317 e. The second-order valence-corrected chi connectivity index (χ2v) is 4.31. The highest BCUT2D eigenvalue weighted by molar-refractivity contribution is 5.80. The summed E-state index contributed by atoms with van der Waals surface area (Å²) in [5, 5.41) is 0. The quantitative estimate of drug-likeness (QED) is 0.672. The molecule has 88 valence electrons. The van der Waals surface area contributed by atoms with Crippen LogP contribution in [-0.2, 0) is 4.79 Å². The molecule has 0 N–H and O–H groups in total. The van der Waals surface area contributed by atoms with Gasteiger partial charge in [0.2, 0.25) is 5.91 Å². The standard InChI is InChI=1S/C12H24N2O/c1-7-14(10(2)3)12(15)11(4)8-9-13(5)6/h11H,2,7-9H2,1,3-6H3. The highest BCUT2D eigenvalue weighted by atomic mass is 16.2. The monoisotopic (exact) mass is 212 g/mol. The molecule has 0 aromatic heterocycles. The van der Waals surface area contributed by atoms with E-state index in [0.29, 0.717) is 6.54 Å². The maximum atomic E-state index is 12.0. The van der Waals surface area contributed by atoms with Gasteiger partial charge < -0.3 is 9.80 Å². The van der Waals surface area contributed by atoms with Crippen LogP contribution >= 0.6 is 0 Å². The van der Waals surface area contributed by atoms with Gasteiger partial charge in [-0.15, -0.1) is 0 Å². The molecular weight excluding hydrogens is 188 g/mol. The Kier molecular flexibility index (Phi) is 6.25. The summed E-state index contributed by atoms with van der Waals surface area (Å²) >= 11 is 0. The summed E-state index contributed by atoms with van der Waals surface area (Å²) in [5.74, 6) is 0.260. The lowest BCUT2D eigenvalue weighted by Gasteiger charge is -2.25. The number of hydrogen-bond donors (Lipinski definition) is 0. The zero-order chi connectivity index (χ0) is 12.0. The summed E-state index contributed by atoms with van der Waals surface area (Å²) < 4.78 is 0. The Bertz CT molecular complexity index is 224. The van der Waals surface area contributed by atoms with Gasteiger partial charge in [0.15, 0.2) is 0 Å². The van der Waals surface area contributed by atoms with E-state index in [9.17, 15) is 4.79 Å². The van der Waals surface area contributed by atoms with Gasteiger partial charge >= 0.3 is 0 Å². The molecule has 1 atom stereocenters. The van der Waals surface area contributed by atoms with E-state index in [1.165, 1.54) is 0 Å². The van der Waals surface area contributed by atoms with Crippen molar-refractivity contribution in [2.24, 2.45) is 5.92 Å². The second kappa shape index (κ2) is 6.62. The fourth-order valence-corrected chi connectivity index (χ4v) is 1.46. The van der Waals surface area contributed by atoms with Gasteiger partial charge in [0, 0.05) is 18.2 Å². The zero-order valence-electron chi connectivity index (χ0n) is 10.7. The van der Waals surface area contributed by atoms with Crippen LogP contribution in [0.25, 0.3) is 0 Å². The summed E-state index contributed by atoms with van der Waals surface area (Å²) in [4.78, 5) is 15.8. The molecule has 0 fully saturated rings. The van der Waals surface area contributed by atoms with Crippen LogP contribution in [0.3, 0.4) is 0 Å². The molecule has 0 aromatic carbocycles. The minimum Gasteiger partial charge on any atom is -0.317 e. The molecule has 0 saturated carbocycles. The minimum absolute atomic E-state index is 0.0732. The normalized spacial score (nSPS) is 12.7. The molecule has 0 heterocycles. The first-order valence-electron chi connectivity index (χ1n) is 5.51. The van der Waals surface area contributed by atoms with Crippen LogP contribution in [0.5, 0.6) is 0 Å². The Labute approximate surface area is 93.7 Å². The summed E-state index contributed by atoms with van der Waals surface area (Å²) in [6.45, 7) is 11.3. The van der Waals surface area contributed by atoms with Crippen LogP contribution in [0.2, 0.25) is 0 Å². The Morgan fingerprint density at radius 1 is 1.40 bits per heavy atom. The Hall–Kier alpha value is -0.830. The summed E-state index contributed by atoms with van der Waals surface area (Å²) in [6.07, 6.45) is 0.898. The van der Waals surface area contributed by atoms with Gasteiger partial charge in [-0.25, -0.2) is 0 Å². The number of amides is 1. The van der Waals surface area contributed by atoms with Gasteiger partial charge in [-0.1, -0.05) is 13.5 Å². The van der Waals surface area contributed by atoms with Crippen LogP contribution in [-0.4, -0.2) is 42.9 Å². The molecule has 3 nitrogen and oxygen atoms in total. The van der Waals surface area contributed by atoms with Crippen LogP contribution in [0.1, 0.15) is 27.2 Å². The van der Waals surface area contributed by atoms with E-state index in [4.69, 9.17) is 0 Å². The fraction of sp³-hybridized carbons (Fsp3) is 0.750. The third kappa shape index (κ3) is 4.98.